The number of anilines is 1. The fraction of sp³-hybridized carbons (Fsp3) is 0.143. The highest BCUT2D eigenvalue weighted by molar-refractivity contribution is 7.46. The molecule has 0 aliphatic rings. The number of nitrogens with zero attached hydrogens (tertiary/aromatic N) is 2. The summed E-state index contributed by atoms with van der Waals surface area (Å²) in [4.78, 5) is 17.8. The van der Waals surface area contributed by atoms with E-state index in [0.29, 0.717) is 35.6 Å². The van der Waals surface area contributed by atoms with E-state index in [0.717, 1.165) is 11.1 Å². The first-order valence-electron chi connectivity index (χ1n) is 9.53. The Morgan fingerprint density at radius 1 is 1.09 bits per heavy atom. The van der Waals surface area contributed by atoms with Gasteiger partial charge in [-0.05, 0) is 29.3 Å². The fourth-order valence-corrected chi connectivity index (χ4v) is 3.45. The maximum absolute atomic E-state index is 13.0. The van der Waals surface area contributed by atoms with E-state index in [1.807, 2.05) is 24.3 Å². The summed E-state index contributed by atoms with van der Waals surface area (Å²) < 4.78 is 40.1. The second-order valence-electron chi connectivity index (χ2n) is 7.08. The second-order valence-corrected chi connectivity index (χ2v) is 8.32. The van der Waals surface area contributed by atoms with Crippen LogP contribution in [0, 0.1) is 6.01 Å². The van der Waals surface area contributed by atoms with Crippen molar-refractivity contribution in [3.8, 4) is 11.3 Å². The minimum atomic E-state index is -4.63. The Bertz CT molecular complexity index is 1260. The molecule has 0 aliphatic heterocycles. The molecule has 0 spiro atoms. The Hall–Kier alpha value is -3.30. The minimum absolute atomic E-state index is 0.211. The highest BCUT2D eigenvalue weighted by atomic mass is 31.2. The van der Waals surface area contributed by atoms with Crippen molar-refractivity contribution in [1.29, 1.82) is 0 Å². The van der Waals surface area contributed by atoms with Crippen LogP contribution in [0.3, 0.4) is 0 Å². The molecular formula is C21H20FN3O6P+. The van der Waals surface area contributed by atoms with Crippen molar-refractivity contribution in [2.75, 3.05) is 5.73 Å². The highest BCUT2D eigenvalue weighted by Crippen LogP contribution is 2.35. The molecule has 1 aromatic carbocycles. The number of benzene rings is 1. The van der Waals surface area contributed by atoms with Gasteiger partial charge in [-0.3, -0.25) is 5.73 Å². The lowest BCUT2D eigenvalue weighted by Gasteiger charge is -2.07. The van der Waals surface area contributed by atoms with Crippen LogP contribution in [0.1, 0.15) is 22.6 Å². The summed E-state index contributed by atoms with van der Waals surface area (Å²) in [6, 6.07) is 15.2. The van der Waals surface area contributed by atoms with Crippen LogP contribution in [0.25, 0.3) is 11.3 Å². The number of aromatic nitrogens is 2. The van der Waals surface area contributed by atoms with E-state index in [2.05, 4.69) is 9.68 Å². The maximum Gasteiger partial charge on any atom is 0.472 e. The molecule has 4 aromatic rings. The highest BCUT2D eigenvalue weighted by Gasteiger charge is 2.20. The van der Waals surface area contributed by atoms with E-state index < -0.39 is 20.6 Å². The maximum atomic E-state index is 13.0. The van der Waals surface area contributed by atoms with Crippen LogP contribution in [0.5, 0.6) is 0 Å². The molecule has 0 amide bonds. The van der Waals surface area contributed by atoms with Gasteiger partial charge in [-0.15, -0.1) is 0 Å². The number of halogens is 1. The lowest BCUT2D eigenvalue weighted by Crippen LogP contribution is -2.38. The van der Waals surface area contributed by atoms with Gasteiger partial charge in [0.05, 0.1) is 11.9 Å². The van der Waals surface area contributed by atoms with Gasteiger partial charge in [0.25, 0.3) is 11.8 Å². The quantitative estimate of drug-likeness (QED) is 0.269. The molecule has 0 unspecified atom stereocenters. The predicted molar refractivity (Wildman–Crippen MR) is 110 cm³/mol. The third-order valence-electron chi connectivity index (χ3n) is 4.72. The average Bonchev–Trinajstić information content (AvgIpc) is 3.37. The van der Waals surface area contributed by atoms with Gasteiger partial charge in [-0.2, -0.15) is 4.39 Å². The summed E-state index contributed by atoms with van der Waals surface area (Å²) in [7, 11) is -4.63. The third kappa shape index (κ3) is 5.49. The van der Waals surface area contributed by atoms with Crippen molar-refractivity contribution in [2.45, 2.75) is 19.6 Å². The lowest BCUT2D eigenvalue weighted by atomic mass is 10.0. The van der Waals surface area contributed by atoms with Gasteiger partial charge in [0, 0.05) is 25.0 Å². The number of phosphoric ester groups is 1. The van der Waals surface area contributed by atoms with Crippen LogP contribution in [0.2, 0.25) is 0 Å². The molecule has 3 heterocycles. The molecule has 166 valence electrons. The van der Waals surface area contributed by atoms with Gasteiger partial charge < -0.3 is 18.7 Å². The number of pyridine rings is 1. The zero-order valence-corrected chi connectivity index (χ0v) is 17.6. The predicted octanol–water partition coefficient (Wildman–Crippen LogP) is 3.19. The summed E-state index contributed by atoms with van der Waals surface area (Å²) >= 11 is 0. The Kier molecular flexibility index (Phi) is 6.20. The molecule has 0 bridgehead atoms. The van der Waals surface area contributed by atoms with Crippen LogP contribution in [0.15, 0.2) is 69.7 Å². The monoisotopic (exact) mass is 460 g/mol. The summed E-state index contributed by atoms with van der Waals surface area (Å²) in [5.74, 6) is 1.18. The summed E-state index contributed by atoms with van der Waals surface area (Å²) in [5.41, 5.74) is 9.29. The fourth-order valence-electron chi connectivity index (χ4n) is 3.18. The zero-order valence-electron chi connectivity index (χ0n) is 16.7. The molecule has 32 heavy (non-hydrogen) atoms. The van der Waals surface area contributed by atoms with Gasteiger partial charge in [0.15, 0.2) is 5.76 Å². The standard InChI is InChI=1S/C21H19FN3O6P/c22-20-8-7-17(30-20)11-15-5-3-14(4-6-15)10-16-12-19(31-24-16)18-2-1-9-25(21(18)23)13-29-32(26,27)28/h1-9,12,23H,10-11,13H2,(H2,26,27,28)/p+1. The third-order valence-corrected chi connectivity index (χ3v) is 5.17. The van der Waals surface area contributed by atoms with Gasteiger partial charge in [-0.25, -0.2) is 13.7 Å². The van der Waals surface area contributed by atoms with Gasteiger partial charge in [-0.1, -0.05) is 29.4 Å². The normalized spacial score (nSPS) is 11.7. The average molecular weight is 460 g/mol. The lowest BCUT2D eigenvalue weighted by molar-refractivity contribution is -0.711. The first-order chi connectivity index (χ1) is 15.3. The number of phosphoric acid groups is 1. The Labute approximate surface area is 182 Å². The molecule has 11 heteroatoms. The summed E-state index contributed by atoms with van der Waals surface area (Å²) in [6.07, 6.45) is 2.55. The number of hydrogen-bond acceptors (Lipinski definition) is 6. The van der Waals surface area contributed by atoms with E-state index in [-0.39, 0.29) is 5.82 Å². The van der Waals surface area contributed by atoms with Crippen molar-refractivity contribution < 1.29 is 36.8 Å². The number of nitrogen functional groups attached to an aromatic ring is 1. The Morgan fingerprint density at radius 3 is 2.47 bits per heavy atom. The van der Waals surface area contributed by atoms with Crippen LogP contribution in [0.4, 0.5) is 10.2 Å². The molecule has 4 N–H and O–H groups in total. The first-order valence-corrected chi connectivity index (χ1v) is 11.1. The smallest absolute Gasteiger partial charge is 0.436 e. The van der Waals surface area contributed by atoms with Gasteiger partial charge >= 0.3 is 7.82 Å². The molecule has 0 saturated heterocycles. The number of rotatable bonds is 8. The zero-order chi connectivity index (χ0) is 22.7. The van der Waals surface area contributed by atoms with E-state index in [1.165, 1.54) is 16.8 Å². The van der Waals surface area contributed by atoms with Gasteiger partial charge in [0.1, 0.15) is 11.3 Å². The molecule has 0 saturated carbocycles. The van der Waals surface area contributed by atoms with Crippen molar-refractivity contribution in [3.63, 3.8) is 0 Å². The van der Waals surface area contributed by atoms with Crippen molar-refractivity contribution in [1.82, 2.24) is 5.16 Å². The Morgan fingerprint density at radius 2 is 1.81 bits per heavy atom. The number of hydrogen-bond donors (Lipinski definition) is 3. The van der Waals surface area contributed by atoms with E-state index >= 15 is 0 Å². The van der Waals surface area contributed by atoms with Crippen LogP contribution in [-0.4, -0.2) is 14.9 Å². The SMILES string of the molecule is Nc1c(-c2cc(Cc3ccc(Cc4ccc(F)o4)cc3)no2)ccc[n+]1COP(=O)(O)O. The molecule has 9 nitrogen and oxygen atoms in total. The van der Waals surface area contributed by atoms with E-state index in [9.17, 15) is 8.96 Å². The largest absolute Gasteiger partial charge is 0.472 e. The molecule has 4 rings (SSSR count). The molecule has 0 atom stereocenters. The van der Waals surface area contributed by atoms with Crippen molar-refractivity contribution in [2.24, 2.45) is 0 Å². The second kappa shape index (κ2) is 9.05. The Balaban J connectivity index is 1.44. The van der Waals surface area contributed by atoms with Crippen LogP contribution < -0.4 is 10.3 Å². The summed E-state index contributed by atoms with van der Waals surface area (Å²) in [6.45, 7) is -0.415. The molecule has 0 radical (unpaired) electrons. The van der Waals surface area contributed by atoms with E-state index in [4.69, 9.17) is 24.5 Å². The topological polar surface area (TPSA) is 136 Å². The van der Waals surface area contributed by atoms with Crippen LogP contribution >= 0.6 is 7.82 Å². The molecular weight excluding hydrogens is 440 g/mol. The van der Waals surface area contributed by atoms with Gasteiger partial charge in [0.2, 0.25) is 6.73 Å². The molecule has 0 aliphatic carbocycles. The summed E-state index contributed by atoms with van der Waals surface area (Å²) in [5, 5.41) is 4.08. The van der Waals surface area contributed by atoms with E-state index in [1.54, 1.807) is 24.3 Å². The van der Waals surface area contributed by atoms with Crippen molar-refractivity contribution >= 4 is 13.6 Å². The molecule has 0 fully saturated rings. The van der Waals surface area contributed by atoms with Crippen molar-refractivity contribution in [3.05, 3.63) is 89.4 Å². The molecule has 3 aromatic heterocycles. The number of furan rings is 1. The minimum Gasteiger partial charge on any atom is -0.436 e. The van der Waals surface area contributed by atoms with Crippen LogP contribution in [-0.2, 0) is 28.7 Å². The first kappa shape index (κ1) is 21.9. The number of nitrogens with two attached hydrogens (primary N) is 1.